The van der Waals surface area contributed by atoms with Crippen LogP contribution in [0.1, 0.15) is 34.0 Å². The molecule has 86 valence electrons. The van der Waals surface area contributed by atoms with E-state index in [1.54, 1.807) is 11.3 Å². The Bertz CT molecular complexity index is 463. The van der Waals surface area contributed by atoms with Crippen molar-refractivity contribution in [1.29, 1.82) is 0 Å². The molecular weight excluding hydrogens is 240 g/mol. The van der Waals surface area contributed by atoms with Gasteiger partial charge in [-0.15, -0.1) is 16.4 Å². The van der Waals surface area contributed by atoms with Crippen LogP contribution in [0.4, 0.5) is 0 Å². The molecule has 0 amide bonds. The summed E-state index contributed by atoms with van der Waals surface area (Å²) in [4.78, 5) is 2.39. The van der Waals surface area contributed by atoms with Crippen LogP contribution < -0.4 is 11.3 Å². The molecule has 0 spiro atoms. The molecule has 0 aliphatic heterocycles. The Morgan fingerprint density at radius 1 is 1.56 bits per heavy atom. The molecule has 0 aliphatic rings. The molecule has 1 unspecified atom stereocenters. The van der Waals surface area contributed by atoms with Gasteiger partial charge >= 0.3 is 0 Å². The molecule has 0 saturated carbocycles. The van der Waals surface area contributed by atoms with Gasteiger partial charge in [-0.2, -0.15) is 0 Å². The second-order valence-electron chi connectivity index (χ2n) is 3.47. The summed E-state index contributed by atoms with van der Waals surface area (Å²) in [6.45, 7) is 4.18. The van der Waals surface area contributed by atoms with Gasteiger partial charge in [-0.1, -0.05) is 11.4 Å². The zero-order chi connectivity index (χ0) is 11.5. The van der Waals surface area contributed by atoms with Crippen LogP contribution in [0.25, 0.3) is 0 Å². The van der Waals surface area contributed by atoms with Crippen LogP contribution >= 0.6 is 22.9 Å². The summed E-state index contributed by atoms with van der Waals surface area (Å²) in [7, 11) is 0. The van der Waals surface area contributed by atoms with Gasteiger partial charge in [-0.25, -0.2) is 5.43 Å². The largest absolute Gasteiger partial charge is 0.271 e. The molecule has 2 aromatic rings. The molecule has 3 N–H and O–H groups in total. The molecule has 2 aromatic heterocycles. The van der Waals surface area contributed by atoms with E-state index in [1.165, 1.54) is 22.0 Å². The zero-order valence-corrected chi connectivity index (χ0v) is 10.9. The average molecular weight is 254 g/mol. The Hall–Kier alpha value is -0.820. The van der Waals surface area contributed by atoms with Crippen molar-refractivity contribution in [2.45, 2.75) is 26.3 Å². The molecule has 16 heavy (non-hydrogen) atoms. The average Bonchev–Trinajstić information content (AvgIpc) is 2.90. The van der Waals surface area contributed by atoms with Gasteiger partial charge in [-0.05, 0) is 41.9 Å². The Morgan fingerprint density at radius 3 is 2.94 bits per heavy atom. The fourth-order valence-corrected chi connectivity index (χ4v) is 3.24. The topological polar surface area (TPSA) is 63.8 Å². The van der Waals surface area contributed by atoms with Crippen molar-refractivity contribution in [2.24, 2.45) is 5.84 Å². The lowest BCUT2D eigenvalue weighted by molar-refractivity contribution is 0.638. The number of hydrogen-bond donors (Lipinski definition) is 2. The number of hydrazine groups is 1. The summed E-state index contributed by atoms with van der Waals surface area (Å²) in [6.07, 6.45) is 0.882. The van der Waals surface area contributed by atoms with Gasteiger partial charge in [0.2, 0.25) is 0 Å². The maximum atomic E-state index is 5.65. The van der Waals surface area contributed by atoms with Gasteiger partial charge in [-0.3, -0.25) is 5.84 Å². The molecule has 0 aliphatic carbocycles. The van der Waals surface area contributed by atoms with Gasteiger partial charge in [0.25, 0.3) is 0 Å². The summed E-state index contributed by atoms with van der Waals surface area (Å²) in [5.41, 5.74) is 5.10. The number of rotatable bonds is 4. The van der Waals surface area contributed by atoms with E-state index in [0.717, 1.165) is 17.0 Å². The maximum Gasteiger partial charge on any atom is 0.0848 e. The minimum atomic E-state index is 0.0150. The molecule has 0 aromatic carbocycles. The first-order chi connectivity index (χ1) is 7.77. The molecule has 6 heteroatoms. The fraction of sp³-hybridized carbons (Fsp3) is 0.400. The number of nitrogens with zero attached hydrogens (tertiary/aromatic N) is 2. The highest BCUT2D eigenvalue weighted by Crippen LogP contribution is 2.30. The molecule has 4 nitrogen and oxygen atoms in total. The Balaban J connectivity index is 2.40. The van der Waals surface area contributed by atoms with Crippen LogP contribution in [-0.2, 0) is 6.42 Å². The Kier molecular flexibility index (Phi) is 3.65. The van der Waals surface area contributed by atoms with Gasteiger partial charge in [0.05, 0.1) is 16.6 Å². The minimum absolute atomic E-state index is 0.0150. The third kappa shape index (κ3) is 2.01. The van der Waals surface area contributed by atoms with Gasteiger partial charge < -0.3 is 0 Å². The zero-order valence-electron chi connectivity index (χ0n) is 9.23. The second-order valence-corrected chi connectivity index (χ2v) is 5.38. The van der Waals surface area contributed by atoms with Crippen molar-refractivity contribution in [3.63, 3.8) is 0 Å². The highest BCUT2D eigenvalue weighted by Gasteiger charge is 2.21. The van der Waals surface area contributed by atoms with Crippen molar-refractivity contribution < 1.29 is 0 Å². The quantitative estimate of drug-likeness (QED) is 0.647. The number of hydrogen-bond acceptors (Lipinski definition) is 6. The summed E-state index contributed by atoms with van der Waals surface area (Å²) in [5, 5.41) is 6.20. The van der Waals surface area contributed by atoms with Crippen molar-refractivity contribution in [3.8, 4) is 0 Å². The van der Waals surface area contributed by atoms with E-state index < -0.39 is 0 Å². The molecule has 0 bridgehead atoms. The molecule has 2 rings (SSSR count). The lowest BCUT2D eigenvalue weighted by Crippen LogP contribution is -2.29. The molecule has 2 heterocycles. The van der Waals surface area contributed by atoms with E-state index in [0.29, 0.717) is 0 Å². The first-order valence-corrected chi connectivity index (χ1v) is 6.74. The third-order valence-corrected chi connectivity index (χ3v) is 4.25. The van der Waals surface area contributed by atoms with Gasteiger partial charge in [0, 0.05) is 4.88 Å². The second kappa shape index (κ2) is 5.01. The molecule has 1 atom stereocenters. The predicted molar refractivity (Wildman–Crippen MR) is 67.5 cm³/mol. The van der Waals surface area contributed by atoms with Crippen LogP contribution in [0, 0.1) is 6.92 Å². The Labute approximate surface area is 103 Å². The van der Waals surface area contributed by atoms with Gasteiger partial charge in [0.1, 0.15) is 0 Å². The van der Waals surface area contributed by atoms with E-state index in [9.17, 15) is 0 Å². The van der Waals surface area contributed by atoms with E-state index in [-0.39, 0.29) is 6.04 Å². The van der Waals surface area contributed by atoms with Crippen LogP contribution in [0.3, 0.4) is 0 Å². The smallest absolute Gasteiger partial charge is 0.0848 e. The number of nitrogens with two attached hydrogens (primary N) is 1. The first-order valence-electron chi connectivity index (χ1n) is 5.09. The van der Waals surface area contributed by atoms with Crippen LogP contribution in [0.15, 0.2) is 11.4 Å². The Morgan fingerprint density at radius 2 is 2.38 bits per heavy atom. The predicted octanol–water partition coefficient (Wildman–Crippen LogP) is 2.02. The summed E-state index contributed by atoms with van der Waals surface area (Å²) < 4.78 is 4.00. The minimum Gasteiger partial charge on any atom is -0.271 e. The number of thiophene rings is 1. The van der Waals surface area contributed by atoms with Crippen LogP contribution in [0.5, 0.6) is 0 Å². The van der Waals surface area contributed by atoms with Crippen LogP contribution in [-0.4, -0.2) is 9.59 Å². The molecule has 0 fully saturated rings. The highest BCUT2D eigenvalue weighted by atomic mass is 32.1. The molecular formula is C10H14N4S2. The maximum absolute atomic E-state index is 5.65. The number of aromatic nitrogens is 2. The van der Waals surface area contributed by atoms with E-state index in [2.05, 4.69) is 40.3 Å². The number of aryl methyl sites for hydroxylation is 2. The summed E-state index contributed by atoms with van der Waals surface area (Å²) in [5.74, 6) is 5.65. The lowest BCUT2D eigenvalue weighted by Gasteiger charge is -2.14. The van der Waals surface area contributed by atoms with Crippen molar-refractivity contribution in [2.75, 3.05) is 0 Å². The highest BCUT2D eigenvalue weighted by molar-refractivity contribution is 7.10. The summed E-state index contributed by atoms with van der Waals surface area (Å²) in [6, 6.07) is 2.12. The van der Waals surface area contributed by atoms with E-state index in [1.807, 2.05) is 0 Å². The van der Waals surface area contributed by atoms with Crippen LogP contribution in [0.2, 0.25) is 0 Å². The summed E-state index contributed by atoms with van der Waals surface area (Å²) >= 11 is 3.14. The third-order valence-electron chi connectivity index (χ3n) is 2.56. The molecule has 0 saturated heterocycles. The normalized spacial score (nSPS) is 12.9. The SMILES string of the molecule is CCc1nnsc1C(NN)c1ccsc1C. The van der Waals surface area contributed by atoms with E-state index >= 15 is 0 Å². The fourth-order valence-electron chi connectivity index (χ4n) is 1.68. The van der Waals surface area contributed by atoms with Crippen molar-refractivity contribution in [3.05, 3.63) is 32.5 Å². The lowest BCUT2D eigenvalue weighted by atomic mass is 10.1. The van der Waals surface area contributed by atoms with Crippen molar-refractivity contribution in [1.82, 2.24) is 15.0 Å². The standard InChI is InChI=1S/C10H14N4S2/c1-3-8-10(16-14-13-8)9(12-11)7-4-5-15-6(7)2/h4-5,9,12H,3,11H2,1-2H3. The number of nitrogens with one attached hydrogen (secondary N) is 1. The van der Waals surface area contributed by atoms with Gasteiger partial charge in [0.15, 0.2) is 0 Å². The van der Waals surface area contributed by atoms with Crippen molar-refractivity contribution >= 4 is 22.9 Å². The van der Waals surface area contributed by atoms with E-state index in [4.69, 9.17) is 5.84 Å². The monoisotopic (exact) mass is 254 g/mol. The molecule has 0 radical (unpaired) electrons. The first kappa shape index (κ1) is 11.7.